The SMILES string of the molecule is N[C@H](C(=O)O)c1cc(F)ccc1N1CCOCC1. The molecule has 0 aliphatic carbocycles. The van der Waals surface area contributed by atoms with Gasteiger partial charge in [-0.15, -0.1) is 0 Å². The van der Waals surface area contributed by atoms with E-state index in [2.05, 4.69) is 0 Å². The van der Waals surface area contributed by atoms with Crippen LogP contribution in [0.3, 0.4) is 0 Å². The Morgan fingerprint density at radius 3 is 2.72 bits per heavy atom. The number of benzene rings is 1. The summed E-state index contributed by atoms with van der Waals surface area (Å²) in [4.78, 5) is 12.9. The Balaban J connectivity index is 2.36. The predicted octanol–water partition coefficient (Wildman–Crippen LogP) is 0.747. The molecule has 0 unspecified atom stereocenters. The van der Waals surface area contributed by atoms with Crippen LogP contribution < -0.4 is 10.6 Å². The highest BCUT2D eigenvalue weighted by Gasteiger charge is 2.22. The third-order valence-corrected chi connectivity index (χ3v) is 2.94. The zero-order chi connectivity index (χ0) is 13.1. The van der Waals surface area contributed by atoms with Crippen LogP contribution in [0.4, 0.5) is 10.1 Å². The van der Waals surface area contributed by atoms with Crippen molar-refractivity contribution in [2.24, 2.45) is 5.73 Å². The van der Waals surface area contributed by atoms with Gasteiger partial charge in [-0.2, -0.15) is 0 Å². The summed E-state index contributed by atoms with van der Waals surface area (Å²) in [5.74, 6) is -1.66. The molecule has 2 rings (SSSR count). The third kappa shape index (κ3) is 2.60. The van der Waals surface area contributed by atoms with Crippen molar-refractivity contribution in [3.05, 3.63) is 29.6 Å². The Bertz CT molecular complexity index is 447. The molecule has 1 aromatic rings. The largest absolute Gasteiger partial charge is 0.480 e. The summed E-state index contributed by atoms with van der Waals surface area (Å²) in [6.07, 6.45) is 0. The summed E-state index contributed by atoms with van der Waals surface area (Å²) in [7, 11) is 0. The van der Waals surface area contributed by atoms with E-state index >= 15 is 0 Å². The van der Waals surface area contributed by atoms with Crippen molar-refractivity contribution in [3.8, 4) is 0 Å². The highest BCUT2D eigenvalue weighted by Crippen LogP contribution is 2.27. The van der Waals surface area contributed by atoms with Gasteiger partial charge in [0.15, 0.2) is 0 Å². The number of hydrogen-bond acceptors (Lipinski definition) is 4. The molecule has 1 heterocycles. The number of carbonyl (C=O) groups is 1. The van der Waals surface area contributed by atoms with Gasteiger partial charge in [0.05, 0.1) is 13.2 Å². The number of hydrogen-bond donors (Lipinski definition) is 2. The van der Waals surface area contributed by atoms with Gasteiger partial charge in [-0.05, 0) is 18.2 Å². The second-order valence-corrected chi connectivity index (χ2v) is 4.12. The van der Waals surface area contributed by atoms with E-state index in [0.717, 1.165) is 0 Å². The zero-order valence-electron chi connectivity index (χ0n) is 9.80. The molecule has 5 nitrogen and oxygen atoms in total. The summed E-state index contributed by atoms with van der Waals surface area (Å²) >= 11 is 0. The predicted molar refractivity (Wildman–Crippen MR) is 64.0 cm³/mol. The standard InChI is InChI=1S/C12H15FN2O3/c13-8-1-2-10(15-3-5-18-6-4-15)9(7-8)11(14)12(16)17/h1-2,7,11H,3-6,14H2,(H,16,17)/t11-/m0/s1. The molecule has 6 heteroatoms. The number of rotatable bonds is 3. The number of halogens is 1. The van der Waals surface area contributed by atoms with Gasteiger partial charge in [0.1, 0.15) is 11.9 Å². The number of carboxylic acids is 1. The number of morpholine rings is 1. The lowest BCUT2D eigenvalue weighted by Crippen LogP contribution is -2.37. The van der Waals surface area contributed by atoms with Crippen molar-refractivity contribution in [2.45, 2.75) is 6.04 Å². The Morgan fingerprint density at radius 2 is 2.11 bits per heavy atom. The van der Waals surface area contributed by atoms with Gasteiger partial charge in [-0.1, -0.05) is 0 Å². The number of nitrogens with zero attached hydrogens (tertiary/aromatic N) is 1. The van der Waals surface area contributed by atoms with Crippen LogP contribution >= 0.6 is 0 Å². The van der Waals surface area contributed by atoms with Crippen molar-refractivity contribution in [1.82, 2.24) is 0 Å². The first-order chi connectivity index (χ1) is 8.59. The Morgan fingerprint density at radius 1 is 1.44 bits per heavy atom. The van der Waals surface area contributed by atoms with E-state index in [1.807, 2.05) is 4.90 Å². The van der Waals surface area contributed by atoms with Gasteiger partial charge in [-0.25, -0.2) is 4.39 Å². The minimum atomic E-state index is -1.22. The average Bonchev–Trinajstić information content (AvgIpc) is 2.38. The first-order valence-corrected chi connectivity index (χ1v) is 5.70. The normalized spacial score (nSPS) is 17.6. The quantitative estimate of drug-likeness (QED) is 0.832. The van der Waals surface area contributed by atoms with E-state index in [1.165, 1.54) is 12.1 Å². The highest BCUT2D eigenvalue weighted by molar-refractivity contribution is 5.78. The molecule has 0 saturated carbocycles. The van der Waals surface area contributed by atoms with Gasteiger partial charge < -0.3 is 20.5 Å². The van der Waals surface area contributed by atoms with Crippen molar-refractivity contribution in [3.63, 3.8) is 0 Å². The lowest BCUT2D eigenvalue weighted by molar-refractivity contribution is -0.138. The van der Waals surface area contributed by atoms with Crippen LogP contribution in [-0.2, 0) is 9.53 Å². The van der Waals surface area contributed by atoms with Crippen LogP contribution in [0.25, 0.3) is 0 Å². The molecule has 18 heavy (non-hydrogen) atoms. The molecule has 0 aromatic heterocycles. The molecule has 0 amide bonds. The van der Waals surface area contributed by atoms with Crippen LogP contribution in [0.2, 0.25) is 0 Å². The van der Waals surface area contributed by atoms with Crippen molar-refractivity contribution in [2.75, 3.05) is 31.2 Å². The summed E-state index contributed by atoms with van der Waals surface area (Å²) < 4.78 is 18.5. The fraction of sp³-hybridized carbons (Fsp3) is 0.417. The van der Waals surface area contributed by atoms with E-state index in [4.69, 9.17) is 15.6 Å². The zero-order valence-corrected chi connectivity index (χ0v) is 9.80. The minimum Gasteiger partial charge on any atom is -0.480 e. The lowest BCUT2D eigenvalue weighted by Gasteiger charge is -2.31. The van der Waals surface area contributed by atoms with E-state index in [1.54, 1.807) is 6.07 Å². The van der Waals surface area contributed by atoms with Gasteiger partial charge in [0.25, 0.3) is 0 Å². The first kappa shape index (κ1) is 12.8. The van der Waals surface area contributed by atoms with Gasteiger partial charge in [-0.3, -0.25) is 4.79 Å². The smallest absolute Gasteiger partial charge is 0.325 e. The number of carboxylic acid groups (broad SMARTS) is 1. The molecule has 1 aliphatic rings. The minimum absolute atomic E-state index is 0.296. The topological polar surface area (TPSA) is 75.8 Å². The first-order valence-electron chi connectivity index (χ1n) is 5.70. The summed E-state index contributed by atoms with van der Waals surface area (Å²) in [6.45, 7) is 2.42. The van der Waals surface area contributed by atoms with Crippen LogP contribution in [0.15, 0.2) is 18.2 Å². The molecule has 1 saturated heterocycles. The van der Waals surface area contributed by atoms with Crippen LogP contribution in [-0.4, -0.2) is 37.4 Å². The lowest BCUT2D eigenvalue weighted by atomic mass is 10.0. The van der Waals surface area contributed by atoms with E-state index in [9.17, 15) is 9.18 Å². The number of ether oxygens (including phenoxy) is 1. The Labute approximate surface area is 104 Å². The summed E-state index contributed by atoms with van der Waals surface area (Å²) in [5.41, 5.74) is 6.55. The highest BCUT2D eigenvalue weighted by atomic mass is 19.1. The molecule has 98 valence electrons. The average molecular weight is 254 g/mol. The van der Waals surface area contributed by atoms with Crippen molar-refractivity contribution >= 4 is 11.7 Å². The molecule has 0 spiro atoms. The molecule has 3 N–H and O–H groups in total. The fourth-order valence-electron chi connectivity index (χ4n) is 2.00. The van der Waals surface area contributed by atoms with Crippen molar-refractivity contribution < 1.29 is 19.0 Å². The number of aliphatic carboxylic acids is 1. The van der Waals surface area contributed by atoms with Crippen molar-refractivity contribution in [1.29, 1.82) is 0 Å². The maximum Gasteiger partial charge on any atom is 0.325 e. The Hall–Kier alpha value is -1.66. The van der Waals surface area contributed by atoms with E-state index < -0.39 is 17.8 Å². The number of nitrogens with two attached hydrogens (primary N) is 1. The summed E-state index contributed by atoms with van der Waals surface area (Å²) in [6, 6.07) is 2.84. The molecule has 0 bridgehead atoms. The molecule has 1 aromatic carbocycles. The maximum atomic E-state index is 13.2. The van der Waals surface area contributed by atoms with Gasteiger partial charge in [0.2, 0.25) is 0 Å². The Kier molecular flexibility index (Phi) is 3.78. The molecule has 0 radical (unpaired) electrons. The van der Waals surface area contributed by atoms with E-state index in [-0.39, 0.29) is 0 Å². The molecule has 1 atom stereocenters. The third-order valence-electron chi connectivity index (χ3n) is 2.94. The van der Waals surface area contributed by atoms with Gasteiger partial charge in [0, 0.05) is 24.3 Å². The van der Waals surface area contributed by atoms with Crippen LogP contribution in [0.5, 0.6) is 0 Å². The van der Waals surface area contributed by atoms with E-state index in [0.29, 0.717) is 37.6 Å². The van der Waals surface area contributed by atoms with Crippen LogP contribution in [0.1, 0.15) is 11.6 Å². The van der Waals surface area contributed by atoms with Crippen LogP contribution in [0, 0.1) is 5.82 Å². The number of anilines is 1. The molecule has 1 fully saturated rings. The molecule has 1 aliphatic heterocycles. The van der Waals surface area contributed by atoms with Gasteiger partial charge >= 0.3 is 5.97 Å². The monoisotopic (exact) mass is 254 g/mol. The molecular formula is C12H15FN2O3. The summed E-state index contributed by atoms with van der Waals surface area (Å²) in [5, 5.41) is 8.96. The maximum absolute atomic E-state index is 13.2. The second-order valence-electron chi connectivity index (χ2n) is 4.12. The second kappa shape index (κ2) is 5.32. The fourth-order valence-corrected chi connectivity index (χ4v) is 2.00. The molecular weight excluding hydrogens is 239 g/mol.